The monoisotopic (exact) mass is 281 g/mol. The largest absolute Gasteiger partial charge is 0.390 e. The first-order chi connectivity index (χ1) is 9.70. The summed E-state index contributed by atoms with van der Waals surface area (Å²) < 4.78 is 0. The van der Waals surface area contributed by atoms with E-state index in [0.29, 0.717) is 19.5 Å². The molecule has 1 amide bonds. The fourth-order valence-corrected chi connectivity index (χ4v) is 3.33. The van der Waals surface area contributed by atoms with Gasteiger partial charge in [0.1, 0.15) is 0 Å². The maximum absolute atomic E-state index is 11.5. The topological polar surface area (TPSA) is 47.0 Å². The molecule has 5 nitrogen and oxygen atoms in total. The molecule has 0 bridgehead atoms. The number of aliphatic hydroxyl groups is 1. The van der Waals surface area contributed by atoms with Gasteiger partial charge in [-0.2, -0.15) is 0 Å². The minimum Gasteiger partial charge on any atom is -0.390 e. The Bertz CT molecular complexity index is 338. The van der Waals surface area contributed by atoms with Crippen LogP contribution in [0.25, 0.3) is 0 Å². The zero-order valence-electron chi connectivity index (χ0n) is 12.3. The highest BCUT2D eigenvalue weighted by atomic mass is 16.3. The molecule has 114 valence electrons. The summed E-state index contributed by atoms with van der Waals surface area (Å²) in [5.41, 5.74) is 0. The smallest absolute Gasteiger partial charge is 0.222 e. The molecule has 2 saturated heterocycles. The molecule has 0 aromatic carbocycles. The minimum atomic E-state index is -0.396. The number of β-amino-alcohol motifs (C(OH)–C–C–N with tert-alkyl or cyclic N) is 1. The van der Waals surface area contributed by atoms with E-state index in [4.69, 9.17) is 0 Å². The van der Waals surface area contributed by atoms with Crippen LogP contribution < -0.4 is 0 Å². The fraction of sp³-hybridized carbons (Fsp3) is 0.933. The van der Waals surface area contributed by atoms with Gasteiger partial charge in [0.05, 0.1) is 6.10 Å². The third-order valence-electron chi connectivity index (χ3n) is 4.75. The molecule has 3 fully saturated rings. The van der Waals surface area contributed by atoms with Crippen LogP contribution >= 0.6 is 0 Å². The van der Waals surface area contributed by atoms with E-state index in [1.165, 1.54) is 19.4 Å². The van der Waals surface area contributed by atoms with Gasteiger partial charge in [0.25, 0.3) is 0 Å². The molecule has 0 radical (unpaired) electrons. The Hall–Kier alpha value is -0.650. The third kappa shape index (κ3) is 3.93. The van der Waals surface area contributed by atoms with Crippen molar-refractivity contribution in [3.05, 3.63) is 0 Å². The predicted octanol–water partition coefficient (Wildman–Crippen LogP) is -0.00270. The Kier molecular flexibility index (Phi) is 4.58. The van der Waals surface area contributed by atoms with E-state index in [-0.39, 0.29) is 5.91 Å². The van der Waals surface area contributed by atoms with Gasteiger partial charge in [-0.05, 0) is 25.2 Å². The first kappa shape index (κ1) is 14.3. The van der Waals surface area contributed by atoms with E-state index in [2.05, 4.69) is 9.80 Å². The molecule has 3 aliphatic rings. The van der Waals surface area contributed by atoms with E-state index >= 15 is 0 Å². The number of likely N-dealkylation sites (tertiary alicyclic amines) is 1. The lowest BCUT2D eigenvalue weighted by molar-refractivity contribution is -0.129. The summed E-state index contributed by atoms with van der Waals surface area (Å²) in [5, 5.41) is 10.2. The molecule has 0 spiro atoms. The quantitative estimate of drug-likeness (QED) is 0.744. The van der Waals surface area contributed by atoms with E-state index in [0.717, 1.165) is 45.1 Å². The van der Waals surface area contributed by atoms with Gasteiger partial charge < -0.3 is 14.9 Å². The zero-order valence-corrected chi connectivity index (χ0v) is 12.3. The number of piperazine rings is 1. The van der Waals surface area contributed by atoms with Crippen molar-refractivity contribution in [2.75, 3.05) is 52.4 Å². The predicted molar refractivity (Wildman–Crippen MR) is 77.4 cm³/mol. The van der Waals surface area contributed by atoms with E-state index < -0.39 is 6.10 Å². The molecule has 20 heavy (non-hydrogen) atoms. The number of hydrogen-bond acceptors (Lipinski definition) is 4. The van der Waals surface area contributed by atoms with Crippen LogP contribution in [0.1, 0.15) is 25.7 Å². The molecule has 5 heteroatoms. The van der Waals surface area contributed by atoms with Gasteiger partial charge in [-0.25, -0.2) is 0 Å². The summed E-state index contributed by atoms with van der Waals surface area (Å²) in [4.78, 5) is 18.3. The van der Waals surface area contributed by atoms with Crippen molar-refractivity contribution in [3.8, 4) is 0 Å². The SMILES string of the molecule is O=C1CCCN1CC(O)CN1CCN(CC2CC2)CC1. The lowest BCUT2D eigenvalue weighted by atomic mass is 10.2. The summed E-state index contributed by atoms with van der Waals surface area (Å²) in [7, 11) is 0. The van der Waals surface area contributed by atoms with Crippen LogP contribution in [0.2, 0.25) is 0 Å². The average molecular weight is 281 g/mol. The number of nitrogens with zero attached hydrogens (tertiary/aromatic N) is 3. The Balaban J connectivity index is 1.34. The summed E-state index contributed by atoms with van der Waals surface area (Å²) >= 11 is 0. The molecule has 3 rings (SSSR count). The molecule has 1 saturated carbocycles. The highest BCUT2D eigenvalue weighted by Crippen LogP contribution is 2.29. The van der Waals surface area contributed by atoms with Crippen LogP contribution in [-0.2, 0) is 4.79 Å². The molecule has 1 N–H and O–H groups in total. The molecular formula is C15H27N3O2. The molecule has 1 unspecified atom stereocenters. The number of amides is 1. The van der Waals surface area contributed by atoms with Crippen LogP contribution in [0.3, 0.4) is 0 Å². The standard InChI is InChI=1S/C15H27N3O2/c19-14(12-18-5-1-2-15(18)20)11-17-8-6-16(7-9-17)10-13-3-4-13/h13-14,19H,1-12H2. The van der Waals surface area contributed by atoms with Gasteiger partial charge >= 0.3 is 0 Å². The number of carbonyl (C=O) groups is 1. The van der Waals surface area contributed by atoms with E-state index in [1.807, 2.05) is 4.90 Å². The van der Waals surface area contributed by atoms with Crippen LogP contribution in [0.4, 0.5) is 0 Å². The number of rotatable bonds is 6. The Morgan fingerprint density at radius 1 is 1.05 bits per heavy atom. The van der Waals surface area contributed by atoms with E-state index in [1.54, 1.807) is 0 Å². The molecular weight excluding hydrogens is 254 g/mol. The van der Waals surface area contributed by atoms with Crippen LogP contribution in [0, 0.1) is 5.92 Å². The van der Waals surface area contributed by atoms with Crippen molar-refractivity contribution in [2.24, 2.45) is 5.92 Å². The van der Waals surface area contributed by atoms with Crippen molar-refractivity contribution in [1.29, 1.82) is 0 Å². The highest BCUT2D eigenvalue weighted by Gasteiger charge is 2.28. The van der Waals surface area contributed by atoms with Gasteiger partial charge in [-0.1, -0.05) is 0 Å². The van der Waals surface area contributed by atoms with Gasteiger partial charge in [0.15, 0.2) is 0 Å². The molecule has 2 aliphatic heterocycles. The minimum absolute atomic E-state index is 0.207. The first-order valence-corrected chi connectivity index (χ1v) is 8.11. The Morgan fingerprint density at radius 3 is 2.35 bits per heavy atom. The van der Waals surface area contributed by atoms with Crippen molar-refractivity contribution >= 4 is 5.91 Å². The maximum atomic E-state index is 11.5. The molecule has 1 aliphatic carbocycles. The van der Waals surface area contributed by atoms with Crippen LogP contribution in [0.15, 0.2) is 0 Å². The second-order valence-electron chi connectivity index (χ2n) is 6.64. The van der Waals surface area contributed by atoms with Gasteiger partial charge in [0.2, 0.25) is 5.91 Å². The van der Waals surface area contributed by atoms with Crippen molar-refractivity contribution < 1.29 is 9.90 Å². The van der Waals surface area contributed by atoms with Gasteiger partial charge in [0, 0.05) is 58.8 Å². The maximum Gasteiger partial charge on any atom is 0.222 e. The number of aliphatic hydroxyl groups excluding tert-OH is 1. The third-order valence-corrected chi connectivity index (χ3v) is 4.75. The normalized spacial score (nSPS) is 27.2. The Morgan fingerprint density at radius 2 is 1.75 bits per heavy atom. The summed E-state index contributed by atoms with van der Waals surface area (Å²) in [6.07, 6.45) is 4.05. The van der Waals surface area contributed by atoms with Gasteiger partial charge in [-0.15, -0.1) is 0 Å². The summed E-state index contributed by atoms with van der Waals surface area (Å²) in [6, 6.07) is 0. The lowest BCUT2D eigenvalue weighted by Gasteiger charge is -2.36. The second kappa shape index (κ2) is 6.41. The van der Waals surface area contributed by atoms with E-state index in [9.17, 15) is 9.90 Å². The van der Waals surface area contributed by atoms with Crippen molar-refractivity contribution in [2.45, 2.75) is 31.8 Å². The van der Waals surface area contributed by atoms with Crippen LogP contribution in [0.5, 0.6) is 0 Å². The molecule has 2 heterocycles. The number of hydrogen-bond donors (Lipinski definition) is 1. The highest BCUT2D eigenvalue weighted by molar-refractivity contribution is 5.78. The second-order valence-corrected chi connectivity index (χ2v) is 6.64. The molecule has 1 atom stereocenters. The fourth-order valence-electron chi connectivity index (χ4n) is 3.33. The summed E-state index contributed by atoms with van der Waals surface area (Å²) in [6.45, 7) is 7.69. The Labute approximate surface area is 121 Å². The molecule has 0 aromatic rings. The van der Waals surface area contributed by atoms with Gasteiger partial charge in [-0.3, -0.25) is 9.69 Å². The van der Waals surface area contributed by atoms with Crippen molar-refractivity contribution in [3.63, 3.8) is 0 Å². The number of carbonyl (C=O) groups excluding carboxylic acids is 1. The lowest BCUT2D eigenvalue weighted by Crippen LogP contribution is -2.50. The first-order valence-electron chi connectivity index (χ1n) is 8.11. The van der Waals surface area contributed by atoms with Crippen molar-refractivity contribution in [1.82, 2.24) is 14.7 Å². The zero-order chi connectivity index (χ0) is 13.9. The summed E-state index contributed by atoms with van der Waals surface area (Å²) in [5.74, 6) is 1.17. The average Bonchev–Trinajstić information content (AvgIpc) is 3.16. The van der Waals surface area contributed by atoms with Crippen LogP contribution in [-0.4, -0.2) is 84.2 Å². The molecule has 0 aromatic heterocycles.